The topological polar surface area (TPSA) is 208 Å². The second-order valence-corrected chi connectivity index (χ2v) is 10.0. The lowest BCUT2D eigenvalue weighted by Crippen LogP contribution is -2.71. The Bertz CT molecular complexity index is 1490. The highest BCUT2D eigenvalue weighted by Gasteiger charge is 2.53. The quantitative estimate of drug-likeness (QED) is 0.0893. The van der Waals surface area contributed by atoms with Gasteiger partial charge in [0.25, 0.3) is 11.8 Å². The number of nitrogens with two attached hydrogens (primary N) is 2. The number of anilines is 2. The summed E-state index contributed by atoms with van der Waals surface area (Å²) in [4.78, 5) is 42.8. The number of aryl methyl sites for hydroxylation is 1. The zero-order valence-corrected chi connectivity index (χ0v) is 20.2. The van der Waals surface area contributed by atoms with Crippen molar-refractivity contribution in [2.45, 2.75) is 24.9 Å². The number of hydrogen-bond acceptors (Lipinski definition) is 12. The van der Waals surface area contributed by atoms with Crippen molar-refractivity contribution in [3.05, 3.63) is 46.4 Å². The Balaban J connectivity index is 1.40. The van der Waals surface area contributed by atoms with E-state index in [0.717, 1.165) is 21.9 Å². The highest BCUT2D eigenvalue weighted by molar-refractivity contribution is 8.00. The molecule has 3 aromatic rings. The van der Waals surface area contributed by atoms with Crippen molar-refractivity contribution < 1.29 is 29.3 Å². The summed E-state index contributed by atoms with van der Waals surface area (Å²) in [5.41, 5.74) is 12.9. The zero-order valence-electron chi connectivity index (χ0n) is 18.6. The van der Waals surface area contributed by atoms with E-state index in [1.54, 1.807) is 18.3 Å². The molecule has 6 N–H and O–H groups in total. The first kappa shape index (κ1) is 23.6. The number of carboxylic acids is 1. The van der Waals surface area contributed by atoms with E-state index in [1.807, 2.05) is 11.5 Å². The Morgan fingerprint density at radius 2 is 2.19 bits per heavy atom. The van der Waals surface area contributed by atoms with E-state index in [9.17, 15) is 24.7 Å². The molecule has 2 aliphatic rings. The number of hydrogen-bond donors (Lipinski definition) is 4. The molecule has 1 saturated heterocycles. The maximum absolute atomic E-state index is 13.0. The predicted octanol–water partition coefficient (Wildman–Crippen LogP) is -2.17. The van der Waals surface area contributed by atoms with Crippen molar-refractivity contribution in [1.29, 1.82) is 0 Å². The van der Waals surface area contributed by atoms with Crippen LogP contribution >= 0.6 is 23.1 Å². The van der Waals surface area contributed by atoms with Crippen molar-refractivity contribution in [2.24, 2.45) is 5.16 Å². The minimum atomic E-state index is -1.50. The molecule has 0 saturated carbocycles. The van der Waals surface area contributed by atoms with E-state index >= 15 is 0 Å². The highest BCUT2D eigenvalue weighted by Crippen LogP contribution is 2.40. The Morgan fingerprint density at radius 1 is 1.42 bits per heavy atom. The summed E-state index contributed by atoms with van der Waals surface area (Å²) >= 11 is 2.35. The molecule has 0 spiro atoms. The fourth-order valence-corrected chi connectivity index (χ4v) is 6.13. The molecule has 0 bridgehead atoms. The third kappa shape index (κ3) is 3.70. The van der Waals surface area contributed by atoms with Gasteiger partial charge < -0.3 is 31.9 Å². The van der Waals surface area contributed by atoms with E-state index in [2.05, 4.69) is 20.6 Å². The molecule has 14 nitrogen and oxygen atoms in total. The molecule has 0 unspecified atom stereocenters. The van der Waals surface area contributed by atoms with Crippen LogP contribution < -0.4 is 26.5 Å². The Kier molecular flexibility index (Phi) is 5.76. The van der Waals surface area contributed by atoms with Crippen LogP contribution in [0, 0.1) is 6.92 Å². The summed E-state index contributed by atoms with van der Waals surface area (Å²) in [5.74, 6) is -2.27. The molecular formula is C20H19N9O5S2. The standard InChI is InChI=1S/C20H19N9O5S2/c1-8-4-11(21)29-12(2-3-23-29)27(8)5-9-6-35-18-14(17(31)28(18)15(9)19(32)33)25-16(30)13(26-34)10-7-36-20(22)24-10/h2-4,7,14,18,21H,5-6H2,1H3,(H5,22,24,25,30,32,33,34)/t14-,18+/m1/s1. The zero-order chi connectivity index (χ0) is 25.7. The number of carbonyl (C=O) groups is 3. The summed E-state index contributed by atoms with van der Waals surface area (Å²) < 4.78 is 3.37. The molecular weight excluding hydrogens is 510 g/mol. The van der Waals surface area contributed by atoms with Crippen molar-refractivity contribution in [3.63, 3.8) is 0 Å². The maximum Gasteiger partial charge on any atom is 0.310 e. The average Bonchev–Trinajstić information content (AvgIpc) is 3.49. The number of amides is 2. The molecule has 2 aliphatic heterocycles. The molecule has 0 radical (unpaired) electrons. The smallest absolute Gasteiger partial charge is 0.310 e. The molecule has 186 valence electrons. The monoisotopic (exact) mass is 529 g/mol. The number of β-lactam (4-membered cyclic amide) rings is 1. The third-order valence-electron chi connectivity index (χ3n) is 5.88. The molecule has 1 fully saturated rings. The predicted molar refractivity (Wildman–Crippen MR) is 126 cm³/mol. The summed E-state index contributed by atoms with van der Waals surface area (Å²) in [7, 11) is 0. The Labute approximate surface area is 210 Å². The number of nitrogen functional groups attached to an aromatic ring is 2. The van der Waals surface area contributed by atoms with Gasteiger partial charge in [-0.15, -0.1) is 23.1 Å². The van der Waals surface area contributed by atoms with Crippen LogP contribution in [0.5, 0.6) is 0 Å². The normalized spacial score (nSPS) is 19.9. The number of aromatic nitrogens is 4. The largest absolute Gasteiger partial charge is 0.543 e. The van der Waals surface area contributed by atoms with Crippen molar-refractivity contribution in [1.82, 2.24) is 24.8 Å². The molecule has 36 heavy (non-hydrogen) atoms. The van der Waals surface area contributed by atoms with E-state index in [-0.39, 0.29) is 28.8 Å². The van der Waals surface area contributed by atoms with Gasteiger partial charge in [0.15, 0.2) is 10.8 Å². The maximum atomic E-state index is 13.0. The Hall–Kier alpha value is -4.18. The van der Waals surface area contributed by atoms with Crippen LogP contribution in [0.25, 0.3) is 5.65 Å². The molecule has 3 aromatic heterocycles. The van der Waals surface area contributed by atoms with Gasteiger partial charge in [0, 0.05) is 22.8 Å². The first-order valence-electron chi connectivity index (χ1n) is 10.5. The van der Waals surface area contributed by atoms with Gasteiger partial charge in [0.1, 0.15) is 29.3 Å². The van der Waals surface area contributed by atoms with Crippen LogP contribution in [0.3, 0.4) is 0 Å². The number of nitrogens with zero attached hydrogens (tertiary/aromatic N) is 6. The fourth-order valence-electron chi connectivity index (χ4n) is 4.24. The van der Waals surface area contributed by atoms with E-state index in [4.69, 9.17) is 11.5 Å². The van der Waals surface area contributed by atoms with Crippen LogP contribution in [0.15, 0.2) is 40.1 Å². The minimum Gasteiger partial charge on any atom is -0.543 e. The summed E-state index contributed by atoms with van der Waals surface area (Å²) in [5, 5.41) is 32.0. The molecule has 0 aromatic carbocycles. The molecule has 0 aliphatic carbocycles. The van der Waals surface area contributed by atoms with Gasteiger partial charge in [-0.2, -0.15) is 0 Å². The van der Waals surface area contributed by atoms with Crippen molar-refractivity contribution in [2.75, 3.05) is 17.2 Å². The molecule has 5 heterocycles. The lowest BCUT2D eigenvalue weighted by Gasteiger charge is -2.50. The van der Waals surface area contributed by atoms with Gasteiger partial charge in [0.2, 0.25) is 5.82 Å². The van der Waals surface area contributed by atoms with E-state index in [0.29, 0.717) is 17.0 Å². The lowest BCUT2D eigenvalue weighted by molar-refractivity contribution is -0.672. The number of oxime groups is 1. The van der Waals surface area contributed by atoms with Crippen LogP contribution in [0.1, 0.15) is 11.4 Å². The summed E-state index contributed by atoms with van der Waals surface area (Å²) in [6, 6.07) is 2.44. The lowest BCUT2D eigenvalue weighted by atomic mass is 10.0. The van der Waals surface area contributed by atoms with Gasteiger partial charge in [0.05, 0.1) is 23.9 Å². The van der Waals surface area contributed by atoms with Crippen LogP contribution in [0.2, 0.25) is 0 Å². The molecule has 2 amide bonds. The van der Waals surface area contributed by atoms with E-state index in [1.165, 1.54) is 21.7 Å². The van der Waals surface area contributed by atoms with Gasteiger partial charge in [-0.1, -0.05) is 14.8 Å². The third-order valence-corrected chi connectivity index (χ3v) is 7.90. The van der Waals surface area contributed by atoms with Crippen LogP contribution in [-0.2, 0) is 20.9 Å². The number of fused-ring (bicyclic) bond motifs is 2. The average molecular weight is 530 g/mol. The minimum absolute atomic E-state index is 0.0529. The number of nitrogens with one attached hydrogen (secondary N) is 1. The summed E-state index contributed by atoms with van der Waals surface area (Å²) in [6.07, 6.45) is 1.58. The van der Waals surface area contributed by atoms with E-state index < -0.39 is 34.9 Å². The van der Waals surface area contributed by atoms with Gasteiger partial charge in [-0.25, -0.2) is 9.55 Å². The molecule has 16 heteroatoms. The number of carboxylic acid groups (broad SMARTS) is 1. The van der Waals surface area contributed by atoms with Crippen LogP contribution in [-0.4, -0.2) is 65.4 Å². The Morgan fingerprint density at radius 3 is 2.86 bits per heavy atom. The second-order valence-electron chi connectivity index (χ2n) is 8.02. The second kappa shape index (κ2) is 8.80. The molecule has 5 rings (SSSR count). The van der Waals surface area contributed by atoms with Crippen LogP contribution in [0.4, 0.5) is 10.9 Å². The van der Waals surface area contributed by atoms with Gasteiger partial charge >= 0.3 is 5.65 Å². The fraction of sp³-hybridized carbons (Fsp3) is 0.250. The number of thioether (sulfide) groups is 1. The van der Waals surface area contributed by atoms with Gasteiger partial charge in [-0.05, 0) is 6.92 Å². The number of aliphatic carboxylic acids is 1. The van der Waals surface area contributed by atoms with Gasteiger partial charge in [-0.3, -0.25) is 14.5 Å². The number of rotatable bonds is 6. The first-order valence-corrected chi connectivity index (χ1v) is 12.4. The van der Waals surface area contributed by atoms with Crippen molar-refractivity contribution >= 4 is 63.2 Å². The summed E-state index contributed by atoms with van der Waals surface area (Å²) in [6.45, 7) is 2.00. The first-order chi connectivity index (χ1) is 17.2. The van der Waals surface area contributed by atoms with Crippen molar-refractivity contribution in [3.8, 4) is 0 Å². The SMILES string of the molecule is Cc1cc(N)n2nccc2[n+]1CC1=C(C(=O)[O-])N2C(=O)[C@@H](NC(=O)C(=NO)c3csc(N)n3)[C@@H]2SC1. The molecule has 2 atom stereocenters. The highest BCUT2D eigenvalue weighted by atomic mass is 32.2. The number of carbonyl (C=O) groups excluding carboxylic acids is 3. The number of thiazole rings is 1.